The summed E-state index contributed by atoms with van der Waals surface area (Å²) in [5.74, 6) is 0. The standard InChI is InChI=1S/C11H26N2O/c1-3-4-5-7-11(2,10-12)13-8-6-9-14/h13-14H,3-10,12H2,1-2H3. The number of hydrogen-bond acceptors (Lipinski definition) is 3. The van der Waals surface area contributed by atoms with Gasteiger partial charge in [-0.05, 0) is 26.3 Å². The van der Waals surface area contributed by atoms with E-state index in [0.29, 0.717) is 6.54 Å². The van der Waals surface area contributed by atoms with Crippen LogP contribution >= 0.6 is 0 Å². The first-order chi connectivity index (χ1) is 6.68. The second kappa shape index (κ2) is 8.21. The number of unbranched alkanes of at least 4 members (excludes halogenated alkanes) is 2. The normalized spacial score (nSPS) is 15.4. The van der Waals surface area contributed by atoms with Crippen molar-refractivity contribution in [2.75, 3.05) is 19.7 Å². The molecule has 0 saturated carbocycles. The Labute approximate surface area is 88.1 Å². The zero-order valence-corrected chi connectivity index (χ0v) is 9.68. The minimum absolute atomic E-state index is 0.0599. The van der Waals surface area contributed by atoms with Gasteiger partial charge in [0.25, 0.3) is 0 Å². The molecule has 0 rings (SSSR count). The van der Waals surface area contributed by atoms with Crippen LogP contribution in [0.1, 0.15) is 46.0 Å². The first-order valence-electron chi connectivity index (χ1n) is 5.74. The fraction of sp³-hybridized carbons (Fsp3) is 1.00. The average Bonchev–Trinajstić information content (AvgIpc) is 2.19. The van der Waals surface area contributed by atoms with Crippen molar-refractivity contribution in [2.45, 2.75) is 51.5 Å². The van der Waals surface area contributed by atoms with Gasteiger partial charge in [-0.15, -0.1) is 0 Å². The summed E-state index contributed by atoms with van der Waals surface area (Å²) in [5.41, 5.74) is 5.81. The molecule has 1 atom stereocenters. The third-order valence-electron chi connectivity index (χ3n) is 2.67. The fourth-order valence-corrected chi connectivity index (χ4v) is 1.50. The lowest BCUT2D eigenvalue weighted by Gasteiger charge is -2.29. The van der Waals surface area contributed by atoms with Gasteiger partial charge in [0.05, 0.1) is 0 Å². The summed E-state index contributed by atoms with van der Waals surface area (Å²) < 4.78 is 0. The summed E-state index contributed by atoms with van der Waals surface area (Å²) in [6, 6.07) is 0. The van der Waals surface area contributed by atoms with Crippen molar-refractivity contribution >= 4 is 0 Å². The summed E-state index contributed by atoms with van der Waals surface area (Å²) >= 11 is 0. The molecule has 14 heavy (non-hydrogen) atoms. The molecule has 3 heteroatoms. The molecule has 0 fully saturated rings. The van der Waals surface area contributed by atoms with E-state index in [1.165, 1.54) is 19.3 Å². The molecule has 1 unspecified atom stereocenters. The van der Waals surface area contributed by atoms with Crippen LogP contribution < -0.4 is 11.1 Å². The van der Waals surface area contributed by atoms with Crippen LogP contribution in [0.25, 0.3) is 0 Å². The summed E-state index contributed by atoms with van der Waals surface area (Å²) in [6.45, 7) is 6.15. The lowest BCUT2D eigenvalue weighted by Crippen LogP contribution is -2.49. The van der Waals surface area contributed by atoms with Crippen LogP contribution in [-0.2, 0) is 0 Å². The Bertz CT molecular complexity index is 118. The molecule has 0 aromatic carbocycles. The Balaban J connectivity index is 3.67. The molecule has 0 saturated heterocycles. The van der Waals surface area contributed by atoms with Crippen LogP contribution in [0.15, 0.2) is 0 Å². The van der Waals surface area contributed by atoms with Crippen molar-refractivity contribution in [3.05, 3.63) is 0 Å². The van der Waals surface area contributed by atoms with Gasteiger partial charge in [0.15, 0.2) is 0 Å². The summed E-state index contributed by atoms with van der Waals surface area (Å²) in [7, 11) is 0. The van der Waals surface area contributed by atoms with Crippen LogP contribution in [0.3, 0.4) is 0 Å². The van der Waals surface area contributed by atoms with Gasteiger partial charge in [0, 0.05) is 18.7 Å². The molecule has 0 aliphatic carbocycles. The molecule has 0 bridgehead atoms. The number of hydrogen-bond donors (Lipinski definition) is 3. The van der Waals surface area contributed by atoms with E-state index in [9.17, 15) is 0 Å². The second-order valence-electron chi connectivity index (χ2n) is 4.23. The Morgan fingerprint density at radius 2 is 2.00 bits per heavy atom. The maximum Gasteiger partial charge on any atom is 0.0443 e. The highest BCUT2D eigenvalue weighted by Gasteiger charge is 2.20. The Morgan fingerprint density at radius 1 is 1.29 bits per heavy atom. The lowest BCUT2D eigenvalue weighted by atomic mass is 9.94. The first-order valence-corrected chi connectivity index (χ1v) is 5.74. The molecular formula is C11H26N2O. The molecule has 4 N–H and O–H groups in total. The highest BCUT2D eigenvalue weighted by Crippen LogP contribution is 2.13. The van der Waals surface area contributed by atoms with E-state index in [0.717, 1.165) is 19.4 Å². The molecule has 3 nitrogen and oxygen atoms in total. The minimum Gasteiger partial charge on any atom is -0.396 e. The molecule has 0 aliphatic rings. The van der Waals surface area contributed by atoms with E-state index in [2.05, 4.69) is 19.2 Å². The van der Waals surface area contributed by atoms with Crippen molar-refractivity contribution in [2.24, 2.45) is 5.73 Å². The Kier molecular flexibility index (Phi) is 8.14. The van der Waals surface area contributed by atoms with Crippen molar-refractivity contribution < 1.29 is 5.11 Å². The number of rotatable bonds is 9. The van der Waals surface area contributed by atoms with E-state index >= 15 is 0 Å². The average molecular weight is 202 g/mol. The molecule has 0 aromatic heterocycles. The second-order valence-corrected chi connectivity index (χ2v) is 4.23. The maximum atomic E-state index is 8.68. The van der Waals surface area contributed by atoms with Gasteiger partial charge in [0.1, 0.15) is 0 Å². The largest absolute Gasteiger partial charge is 0.396 e. The van der Waals surface area contributed by atoms with Gasteiger partial charge in [-0.2, -0.15) is 0 Å². The zero-order valence-electron chi connectivity index (χ0n) is 9.68. The van der Waals surface area contributed by atoms with E-state index in [1.54, 1.807) is 0 Å². The van der Waals surface area contributed by atoms with Gasteiger partial charge in [0.2, 0.25) is 0 Å². The van der Waals surface area contributed by atoms with Crippen molar-refractivity contribution in [3.8, 4) is 0 Å². The number of nitrogens with one attached hydrogen (secondary N) is 1. The first kappa shape index (κ1) is 13.9. The van der Waals surface area contributed by atoms with Crippen molar-refractivity contribution in [1.29, 1.82) is 0 Å². The van der Waals surface area contributed by atoms with Gasteiger partial charge >= 0.3 is 0 Å². The molecule has 0 heterocycles. The molecule has 86 valence electrons. The highest BCUT2D eigenvalue weighted by atomic mass is 16.3. The topological polar surface area (TPSA) is 58.3 Å². The van der Waals surface area contributed by atoms with E-state index in [1.807, 2.05) is 0 Å². The summed E-state index contributed by atoms with van der Waals surface area (Å²) in [5, 5.41) is 12.1. The number of aliphatic hydroxyl groups excluding tert-OH is 1. The van der Waals surface area contributed by atoms with Crippen LogP contribution in [0.4, 0.5) is 0 Å². The quantitative estimate of drug-likeness (QED) is 0.493. The van der Waals surface area contributed by atoms with Gasteiger partial charge in [-0.3, -0.25) is 0 Å². The molecule has 0 amide bonds. The Morgan fingerprint density at radius 3 is 2.50 bits per heavy atom. The summed E-state index contributed by atoms with van der Waals surface area (Å²) in [4.78, 5) is 0. The van der Waals surface area contributed by atoms with Crippen LogP contribution in [0.2, 0.25) is 0 Å². The minimum atomic E-state index is 0.0599. The lowest BCUT2D eigenvalue weighted by molar-refractivity contribution is 0.266. The van der Waals surface area contributed by atoms with E-state index in [4.69, 9.17) is 10.8 Å². The predicted octanol–water partition coefficient (Wildman–Crippen LogP) is 1.26. The number of aliphatic hydroxyl groups is 1. The molecule has 0 aromatic rings. The van der Waals surface area contributed by atoms with E-state index in [-0.39, 0.29) is 12.1 Å². The van der Waals surface area contributed by atoms with Gasteiger partial charge in [-0.1, -0.05) is 26.2 Å². The van der Waals surface area contributed by atoms with Crippen LogP contribution in [-0.4, -0.2) is 30.3 Å². The summed E-state index contributed by atoms with van der Waals surface area (Å²) in [6.07, 6.45) is 5.69. The monoisotopic (exact) mass is 202 g/mol. The molecule has 0 aliphatic heterocycles. The zero-order chi connectivity index (χ0) is 10.9. The number of nitrogens with two attached hydrogens (primary N) is 1. The fourth-order valence-electron chi connectivity index (χ4n) is 1.50. The smallest absolute Gasteiger partial charge is 0.0443 e. The molecular weight excluding hydrogens is 176 g/mol. The molecule has 0 radical (unpaired) electrons. The Hall–Kier alpha value is -0.120. The molecule has 0 spiro atoms. The SMILES string of the molecule is CCCCCC(C)(CN)NCCCO. The van der Waals surface area contributed by atoms with Crippen LogP contribution in [0, 0.1) is 0 Å². The third kappa shape index (κ3) is 6.35. The maximum absolute atomic E-state index is 8.68. The van der Waals surface area contributed by atoms with Crippen molar-refractivity contribution in [1.82, 2.24) is 5.32 Å². The highest BCUT2D eigenvalue weighted by molar-refractivity contribution is 4.83. The third-order valence-corrected chi connectivity index (χ3v) is 2.67. The van der Waals surface area contributed by atoms with E-state index < -0.39 is 0 Å². The van der Waals surface area contributed by atoms with Gasteiger partial charge < -0.3 is 16.2 Å². The van der Waals surface area contributed by atoms with Crippen molar-refractivity contribution in [3.63, 3.8) is 0 Å². The van der Waals surface area contributed by atoms with Crippen LogP contribution in [0.5, 0.6) is 0 Å². The predicted molar refractivity (Wildman–Crippen MR) is 61.3 cm³/mol. The van der Waals surface area contributed by atoms with Gasteiger partial charge in [-0.25, -0.2) is 0 Å².